The predicted octanol–water partition coefficient (Wildman–Crippen LogP) is 3.59. The van der Waals surface area contributed by atoms with Crippen molar-refractivity contribution in [2.24, 2.45) is 0 Å². The summed E-state index contributed by atoms with van der Waals surface area (Å²) in [5.41, 5.74) is 0. The second-order valence-electron chi connectivity index (χ2n) is 6.61. The van der Waals surface area contributed by atoms with Crippen LogP contribution in [-0.4, -0.2) is 34.6 Å². The molecule has 2 fully saturated rings. The number of hydrogen-bond donors (Lipinski definition) is 1. The van der Waals surface area contributed by atoms with Gasteiger partial charge in [0.05, 0.1) is 6.54 Å². The Hall–Kier alpha value is -0.450. The van der Waals surface area contributed by atoms with Gasteiger partial charge in [0.25, 0.3) is 0 Å². The lowest BCUT2D eigenvalue weighted by atomic mass is 9.81. The molecule has 1 aromatic rings. The minimum absolute atomic E-state index is 0.749. The van der Waals surface area contributed by atoms with Gasteiger partial charge in [0.15, 0.2) is 0 Å². The second kappa shape index (κ2) is 7.21. The average Bonchev–Trinajstić information content (AvgIpc) is 2.93. The first-order chi connectivity index (χ1) is 10.3. The lowest BCUT2D eigenvalue weighted by molar-refractivity contribution is 0.0177. The molecule has 2 aliphatic heterocycles. The molecule has 3 heterocycles. The lowest BCUT2D eigenvalue weighted by Crippen LogP contribution is -2.55. The minimum atomic E-state index is 0.749. The molecular formula is C17H29N3S. The highest BCUT2D eigenvalue weighted by molar-refractivity contribution is 7.11. The van der Waals surface area contributed by atoms with E-state index in [-0.39, 0.29) is 0 Å². The van der Waals surface area contributed by atoms with Crippen molar-refractivity contribution >= 4 is 11.3 Å². The quantitative estimate of drug-likeness (QED) is 0.870. The van der Waals surface area contributed by atoms with Gasteiger partial charge < -0.3 is 5.32 Å². The van der Waals surface area contributed by atoms with E-state index in [4.69, 9.17) is 0 Å². The third-order valence-electron chi connectivity index (χ3n) is 5.08. The molecular weight excluding hydrogens is 278 g/mol. The second-order valence-corrected chi connectivity index (χ2v) is 7.81. The molecule has 1 aromatic heterocycles. The van der Waals surface area contributed by atoms with Crippen molar-refractivity contribution in [2.45, 2.75) is 83.5 Å². The van der Waals surface area contributed by atoms with E-state index in [1.54, 1.807) is 0 Å². The fourth-order valence-electron chi connectivity index (χ4n) is 3.99. The monoisotopic (exact) mass is 307 g/mol. The molecule has 0 saturated carbocycles. The van der Waals surface area contributed by atoms with E-state index in [2.05, 4.69) is 35.2 Å². The largest absolute Gasteiger partial charge is 0.314 e. The Morgan fingerprint density at radius 3 is 2.67 bits per heavy atom. The number of nitrogens with zero attached hydrogens (tertiary/aromatic N) is 2. The van der Waals surface area contributed by atoms with Crippen molar-refractivity contribution in [3.8, 4) is 0 Å². The van der Waals surface area contributed by atoms with Crippen LogP contribution in [0.3, 0.4) is 0 Å². The van der Waals surface area contributed by atoms with Gasteiger partial charge in [0.1, 0.15) is 5.01 Å². The van der Waals surface area contributed by atoms with E-state index in [0.717, 1.165) is 31.1 Å². The van der Waals surface area contributed by atoms with E-state index in [1.165, 1.54) is 55.0 Å². The number of aryl methyl sites for hydroxylation is 1. The number of aromatic nitrogens is 1. The van der Waals surface area contributed by atoms with Gasteiger partial charge in [-0.05, 0) is 45.1 Å². The normalized spacial score (nSPS) is 29.7. The molecule has 0 radical (unpaired) electrons. The first-order valence-corrected chi connectivity index (χ1v) is 9.54. The predicted molar refractivity (Wildman–Crippen MR) is 89.8 cm³/mol. The van der Waals surface area contributed by atoms with Crippen LogP contribution in [0.1, 0.15) is 62.3 Å². The summed E-state index contributed by atoms with van der Waals surface area (Å²) in [6, 6.07) is 2.31. The van der Waals surface area contributed by atoms with E-state index in [1.807, 2.05) is 11.3 Å². The van der Waals surface area contributed by atoms with Crippen LogP contribution in [0.2, 0.25) is 0 Å². The fourth-order valence-corrected chi connectivity index (χ4v) is 4.86. The third kappa shape index (κ3) is 3.66. The molecule has 0 amide bonds. The summed E-state index contributed by atoms with van der Waals surface area (Å²) in [6.07, 6.45) is 11.3. The zero-order valence-corrected chi connectivity index (χ0v) is 14.3. The zero-order valence-electron chi connectivity index (χ0n) is 13.5. The van der Waals surface area contributed by atoms with Crippen molar-refractivity contribution in [3.63, 3.8) is 0 Å². The fraction of sp³-hybridized carbons (Fsp3) is 0.824. The number of nitrogens with one attached hydrogen (secondary N) is 1. The van der Waals surface area contributed by atoms with E-state index >= 15 is 0 Å². The highest BCUT2D eigenvalue weighted by atomic mass is 32.1. The van der Waals surface area contributed by atoms with E-state index < -0.39 is 0 Å². The molecule has 2 bridgehead atoms. The average molecular weight is 308 g/mol. The zero-order chi connectivity index (χ0) is 14.7. The molecule has 2 atom stereocenters. The summed E-state index contributed by atoms with van der Waals surface area (Å²) in [4.78, 5) is 8.83. The van der Waals surface area contributed by atoms with Crippen LogP contribution in [0.15, 0.2) is 6.20 Å². The maximum atomic E-state index is 4.64. The van der Waals surface area contributed by atoms with E-state index in [0.29, 0.717) is 0 Å². The van der Waals surface area contributed by atoms with Crippen LogP contribution in [-0.2, 0) is 13.0 Å². The van der Waals surface area contributed by atoms with Gasteiger partial charge in [-0.25, -0.2) is 4.98 Å². The molecule has 0 aromatic carbocycles. The minimum Gasteiger partial charge on any atom is -0.314 e. The van der Waals surface area contributed by atoms with Crippen LogP contribution in [0.5, 0.6) is 0 Å². The molecule has 118 valence electrons. The molecule has 0 aliphatic carbocycles. The van der Waals surface area contributed by atoms with E-state index in [9.17, 15) is 0 Å². The summed E-state index contributed by atoms with van der Waals surface area (Å²) in [5.74, 6) is 0. The van der Waals surface area contributed by atoms with Crippen LogP contribution in [0.25, 0.3) is 0 Å². The first kappa shape index (κ1) is 15.4. The van der Waals surface area contributed by atoms with Gasteiger partial charge in [-0.15, -0.1) is 11.3 Å². The summed E-state index contributed by atoms with van der Waals surface area (Å²) in [7, 11) is 0. The number of fused-ring (bicyclic) bond motifs is 2. The summed E-state index contributed by atoms with van der Waals surface area (Å²) >= 11 is 1.91. The number of thiazole rings is 1. The van der Waals surface area contributed by atoms with Crippen molar-refractivity contribution < 1.29 is 0 Å². The van der Waals surface area contributed by atoms with Crippen molar-refractivity contribution in [3.05, 3.63) is 16.1 Å². The van der Waals surface area contributed by atoms with Crippen LogP contribution >= 0.6 is 11.3 Å². The Bertz CT molecular complexity index is 431. The van der Waals surface area contributed by atoms with Crippen LogP contribution < -0.4 is 5.32 Å². The highest BCUT2D eigenvalue weighted by Crippen LogP contribution is 2.35. The van der Waals surface area contributed by atoms with Crippen molar-refractivity contribution in [2.75, 3.05) is 6.54 Å². The smallest absolute Gasteiger partial charge is 0.107 e. The summed E-state index contributed by atoms with van der Waals surface area (Å²) in [6.45, 7) is 6.74. The SMILES string of the molecule is CCCNC1CC2CCCC(C1)N2Cc1ncc(CC)s1. The van der Waals surface area contributed by atoms with Crippen LogP contribution in [0, 0.1) is 0 Å². The number of rotatable bonds is 6. The third-order valence-corrected chi connectivity index (χ3v) is 6.20. The maximum Gasteiger partial charge on any atom is 0.107 e. The lowest BCUT2D eigenvalue weighted by Gasteiger charge is -2.49. The van der Waals surface area contributed by atoms with Gasteiger partial charge in [-0.2, -0.15) is 0 Å². The topological polar surface area (TPSA) is 28.2 Å². The molecule has 4 heteroatoms. The summed E-state index contributed by atoms with van der Waals surface area (Å²) in [5, 5.41) is 5.08. The van der Waals surface area contributed by atoms with Crippen LogP contribution in [0.4, 0.5) is 0 Å². The Morgan fingerprint density at radius 2 is 2.05 bits per heavy atom. The molecule has 21 heavy (non-hydrogen) atoms. The molecule has 0 spiro atoms. The maximum absolute atomic E-state index is 4.64. The Labute approximate surface area is 133 Å². The van der Waals surface area contributed by atoms with Gasteiger partial charge in [0, 0.05) is 29.2 Å². The number of piperidine rings is 2. The Morgan fingerprint density at radius 1 is 1.29 bits per heavy atom. The Balaban J connectivity index is 1.63. The molecule has 2 saturated heterocycles. The Kier molecular flexibility index (Phi) is 5.30. The number of hydrogen-bond acceptors (Lipinski definition) is 4. The molecule has 1 N–H and O–H groups in total. The van der Waals surface area contributed by atoms with Crippen molar-refractivity contribution in [1.29, 1.82) is 0 Å². The molecule has 2 aliphatic rings. The van der Waals surface area contributed by atoms with Gasteiger partial charge >= 0.3 is 0 Å². The molecule has 3 nitrogen and oxygen atoms in total. The first-order valence-electron chi connectivity index (χ1n) is 8.72. The van der Waals surface area contributed by atoms with Gasteiger partial charge in [-0.3, -0.25) is 4.90 Å². The van der Waals surface area contributed by atoms with Crippen molar-refractivity contribution in [1.82, 2.24) is 15.2 Å². The van der Waals surface area contributed by atoms with Gasteiger partial charge in [0.2, 0.25) is 0 Å². The van der Waals surface area contributed by atoms with Gasteiger partial charge in [-0.1, -0.05) is 20.3 Å². The molecule has 2 unspecified atom stereocenters. The molecule has 3 rings (SSSR count). The highest BCUT2D eigenvalue weighted by Gasteiger charge is 2.38. The standard InChI is InChI=1S/C17H29N3S/c1-3-8-18-13-9-14-6-5-7-15(10-13)20(14)12-17-19-11-16(4-2)21-17/h11,13-15,18H,3-10,12H2,1-2H3. The summed E-state index contributed by atoms with van der Waals surface area (Å²) < 4.78 is 0.